The maximum absolute atomic E-state index is 13.2. The van der Waals surface area contributed by atoms with E-state index in [4.69, 9.17) is 4.74 Å². The number of carbonyl (C=O) groups is 3. The minimum atomic E-state index is -4.00. The number of sulfonamides is 1. The van der Waals surface area contributed by atoms with Crippen molar-refractivity contribution in [2.45, 2.75) is 11.8 Å². The number of esters is 1. The lowest BCUT2D eigenvalue weighted by molar-refractivity contribution is -0.142. The van der Waals surface area contributed by atoms with Crippen LogP contribution in [0.25, 0.3) is 22.2 Å². The lowest BCUT2D eigenvalue weighted by Crippen LogP contribution is -2.33. The number of nitrogens with zero attached hydrogens (tertiary/aromatic N) is 1. The standard InChI is InChI=1S/C27H25N3O6S/c1-18(31)28-20-12-14-21(15-13-20)37(34,35)30(2)16-25(33)36-17-24(32)26-22-10-6-7-11-23(22)29-27(26)19-8-4-3-5-9-19/h3-15,29H,16-17H2,1-2H3,(H,28,31). The van der Waals surface area contributed by atoms with Gasteiger partial charge in [0.25, 0.3) is 0 Å². The average molecular weight is 520 g/mol. The predicted molar refractivity (Wildman–Crippen MR) is 140 cm³/mol. The van der Waals surface area contributed by atoms with Crippen molar-refractivity contribution in [1.82, 2.24) is 9.29 Å². The summed E-state index contributed by atoms with van der Waals surface area (Å²) in [5.41, 5.74) is 3.04. The minimum Gasteiger partial charge on any atom is -0.456 e. The smallest absolute Gasteiger partial charge is 0.321 e. The van der Waals surface area contributed by atoms with Crippen LogP contribution in [0.1, 0.15) is 17.3 Å². The van der Waals surface area contributed by atoms with Gasteiger partial charge in [-0.3, -0.25) is 14.4 Å². The van der Waals surface area contributed by atoms with Gasteiger partial charge >= 0.3 is 5.97 Å². The van der Waals surface area contributed by atoms with Gasteiger partial charge in [-0.1, -0.05) is 48.5 Å². The number of aromatic nitrogens is 1. The highest BCUT2D eigenvalue weighted by molar-refractivity contribution is 7.89. The molecule has 0 fully saturated rings. The Labute approximate surface area is 214 Å². The van der Waals surface area contributed by atoms with E-state index in [1.807, 2.05) is 54.6 Å². The van der Waals surface area contributed by atoms with Crippen LogP contribution in [-0.2, 0) is 24.3 Å². The number of ether oxygens (including phenoxy) is 1. The van der Waals surface area contributed by atoms with E-state index in [-0.39, 0.29) is 10.8 Å². The van der Waals surface area contributed by atoms with Crippen molar-refractivity contribution in [1.29, 1.82) is 0 Å². The number of aromatic amines is 1. The number of benzene rings is 3. The van der Waals surface area contributed by atoms with Gasteiger partial charge in [0, 0.05) is 30.6 Å². The molecule has 0 atom stereocenters. The van der Waals surface area contributed by atoms with E-state index in [1.54, 1.807) is 0 Å². The van der Waals surface area contributed by atoms with E-state index < -0.39 is 34.9 Å². The topological polar surface area (TPSA) is 126 Å². The molecule has 9 nitrogen and oxygen atoms in total. The summed E-state index contributed by atoms with van der Waals surface area (Å²) >= 11 is 0. The summed E-state index contributed by atoms with van der Waals surface area (Å²) in [6, 6.07) is 22.2. The summed E-state index contributed by atoms with van der Waals surface area (Å²) in [5, 5.41) is 3.25. The third kappa shape index (κ3) is 5.76. The molecule has 0 aliphatic rings. The number of para-hydroxylation sites is 1. The number of H-pyrrole nitrogens is 1. The monoisotopic (exact) mass is 519 g/mol. The molecular formula is C27H25N3O6S. The Bertz CT molecular complexity index is 1560. The Balaban J connectivity index is 1.45. The van der Waals surface area contributed by atoms with Gasteiger partial charge in [0.1, 0.15) is 6.54 Å². The Morgan fingerprint density at radius 2 is 1.57 bits per heavy atom. The number of hydrogen-bond acceptors (Lipinski definition) is 6. The predicted octanol–water partition coefficient (Wildman–Crippen LogP) is 3.84. The fourth-order valence-corrected chi connectivity index (χ4v) is 4.99. The summed E-state index contributed by atoms with van der Waals surface area (Å²) in [6.07, 6.45) is 0. The van der Waals surface area contributed by atoms with Crippen molar-refractivity contribution >= 4 is 44.3 Å². The first-order valence-electron chi connectivity index (χ1n) is 11.4. The van der Waals surface area contributed by atoms with Crippen molar-refractivity contribution in [2.24, 2.45) is 0 Å². The first-order valence-corrected chi connectivity index (χ1v) is 12.8. The first kappa shape index (κ1) is 25.8. The lowest BCUT2D eigenvalue weighted by atomic mass is 10.0. The van der Waals surface area contributed by atoms with Crippen molar-refractivity contribution in [2.75, 3.05) is 25.5 Å². The second-order valence-corrected chi connectivity index (χ2v) is 10.4. The Hall–Kier alpha value is -4.28. The second-order valence-electron chi connectivity index (χ2n) is 8.34. The van der Waals surface area contributed by atoms with E-state index >= 15 is 0 Å². The maximum Gasteiger partial charge on any atom is 0.321 e. The van der Waals surface area contributed by atoms with Crippen LogP contribution in [0.5, 0.6) is 0 Å². The zero-order valence-electron chi connectivity index (χ0n) is 20.2. The third-order valence-corrected chi connectivity index (χ3v) is 7.46. The van der Waals surface area contributed by atoms with E-state index in [2.05, 4.69) is 10.3 Å². The van der Waals surface area contributed by atoms with Gasteiger partial charge in [-0.2, -0.15) is 4.31 Å². The van der Waals surface area contributed by atoms with Gasteiger partial charge < -0.3 is 15.0 Å². The zero-order valence-corrected chi connectivity index (χ0v) is 21.0. The third-order valence-electron chi connectivity index (χ3n) is 5.65. The fourth-order valence-electron chi connectivity index (χ4n) is 3.88. The minimum absolute atomic E-state index is 0.0562. The van der Waals surface area contributed by atoms with Gasteiger partial charge in [0.05, 0.1) is 16.2 Å². The molecule has 0 unspecified atom stereocenters. The van der Waals surface area contributed by atoms with Gasteiger partial charge in [0.2, 0.25) is 21.7 Å². The molecular weight excluding hydrogens is 494 g/mol. The number of fused-ring (bicyclic) bond motifs is 1. The van der Waals surface area contributed by atoms with Crippen LogP contribution < -0.4 is 5.32 Å². The molecule has 37 heavy (non-hydrogen) atoms. The van der Waals surface area contributed by atoms with E-state index in [9.17, 15) is 22.8 Å². The molecule has 1 aromatic heterocycles. The van der Waals surface area contributed by atoms with Crippen LogP contribution in [0.15, 0.2) is 83.8 Å². The molecule has 0 radical (unpaired) electrons. The highest BCUT2D eigenvalue weighted by Crippen LogP contribution is 2.30. The number of carbonyl (C=O) groups excluding carboxylic acids is 3. The Morgan fingerprint density at radius 1 is 0.919 bits per heavy atom. The Kier molecular flexibility index (Phi) is 7.51. The van der Waals surface area contributed by atoms with E-state index in [0.717, 1.165) is 15.4 Å². The molecule has 0 saturated carbocycles. The summed E-state index contributed by atoms with van der Waals surface area (Å²) in [5.74, 6) is -1.56. The molecule has 2 N–H and O–H groups in total. The fraction of sp³-hybridized carbons (Fsp3) is 0.148. The molecule has 0 aliphatic heterocycles. The normalized spacial score (nSPS) is 11.4. The molecule has 4 aromatic rings. The molecule has 0 saturated heterocycles. The molecule has 190 valence electrons. The lowest BCUT2D eigenvalue weighted by Gasteiger charge is -2.16. The zero-order chi connectivity index (χ0) is 26.6. The van der Waals surface area contributed by atoms with Gasteiger partial charge in [-0.15, -0.1) is 0 Å². The molecule has 3 aromatic carbocycles. The SMILES string of the molecule is CC(=O)Nc1ccc(S(=O)(=O)N(C)CC(=O)OCC(=O)c2c(-c3ccccc3)[nH]c3ccccc23)cc1. The molecule has 0 bridgehead atoms. The molecule has 0 aliphatic carbocycles. The van der Waals surface area contributed by atoms with Crippen molar-refractivity contribution in [3.8, 4) is 11.3 Å². The summed E-state index contributed by atoms with van der Waals surface area (Å²) in [7, 11) is -2.76. The van der Waals surface area contributed by atoms with Crippen LogP contribution in [0.2, 0.25) is 0 Å². The average Bonchev–Trinajstić information content (AvgIpc) is 3.27. The maximum atomic E-state index is 13.2. The number of anilines is 1. The van der Waals surface area contributed by atoms with Crippen molar-refractivity contribution in [3.63, 3.8) is 0 Å². The number of amides is 1. The summed E-state index contributed by atoms with van der Waals surface area (Å²) in [6.45, 7) is 0.220. The van der Waals surface area contributed by atoms with E-state index in [0.29, 0.717) is 22.3 Å². The number of ketones is 1. The van der Waals surface area contributed by atoms with Gasteiger partial charge in [-0.05, 0) is 35.9 Å². The number of Topliss-reactive ketones (excluding diaryl/α,β-unsaturated/α-hetero) is 1. The molecule has 4 rings (SSSR count). The highest BCUT2D eigenvalue weighted by Gasteiger charge is 2.25. The first-order chi connectivity index (χ1) is 17.7. The number of hydrogen-bond donors (Lipinski definition) is 2. The second kappa shape index (κ2) is 10.8. The molecule has 1 heterocycles. The van der Waals surface area contributed by atoms with Crippen LogP contribution in [0.3, 0.4) is 0 Å². The molecule has 0 spiro atoms. The van der Waals surface area contributed by atoms with Gasteiger partial charge in [-0.25, -0.2) is 8.42 Å². The van der Waals surface area contributed by atoms with Gasteiger partial charge in [0.15, 0.2) is 6.61 Å². The van der Waals surface area contributed by atoms with E-state index in [1.165, 1.54) is 38.2 Å². The Morgan fingerprint density at radius 3 is 2.24 bits per heavy atom. The summed E-state index contributed by atoms with van der Waals surface area (Å²) in [4.78, 5) is 40.0. The number of likely N-dealkylation sites (N-methyl/N-ethyl adjacent to an activating group) is 1. The van der Waals surface area contributed by atoms with Crippen LogP contribution in [0.4, 0.5) is 5.69 Å². The van der Waals surface area contributed by atoms with Crippen LogP contribution in [-0.4, -0.2) is 55.6 Å². The van der Waals surface area contributed by atoms with Crippen molar-refractivity contribution < 1.29 is 27.5 Å². The largest absolute Gasteiger partial charge is 0.456 e. The van der Waals surface area contributed by atoms with Crippen molar-refractivity contribution in [3.05, 3.63) is 84.4 Å². The number of rotatable bonds is 9. The quantitative estimate of drug-likeness (QED) is 0.256. The molecule has 1 amide bonds. The summed E-state index contributed by atoms with van der Waals surface area (Å²) < 4.78 is 31.7. The molecule has 10 heteroatoms. The number of nitrogens with one attached hydrogen (secondary N) is 2. The highest BCUT2D eigenvalue weighted by atomic mass is 32.2. The van der Waals surface area contributed by atoms with Crippen LogP contribution >= 0.6 is 0 Å². The van der Waals surface area contributed by atoms with Crippen LogP contribution in [0, 0.1) is 0 Å².